The minimum Gasteiger partial charge on any atom is -0.489 e. The van der Waals surface area contributed by atoms with Gasteiger partial charge in [0.25, 0.3) is 0 Å². The van der Waals surface area contributed by atoms with Crippen molar-refractivity contribution in [2.24, 2.45) is 0 Å². The molecule has 5 nitrogen and oxygen atoms in total. The molecule has 5 heteroatoms. The molecule has 0 saturated carbocycles. The van der Waals surface area contributed by atoms with Gasteiger partial charge in [-0.1, -0.05) is 24.3 Å². The van der Waals surface area contributed by atoms with E-state index >= 15 is 0 Å². The first kappa shape index (κ1) is 19.8. The molecule has 2 heterocycles. The molecule has 0 N–H and O–H groups in total. The van der Waals surface area contributed by atoms with E-state index in [-0.39, 0.29) is 0 Å². The zero-order valence-electron chi connectivity index (χ0n) is 16.5. The third-order valence-corrected chi connectivity index (χ3v) is 4.83. The molecule has 1 aromatic heterocycles. The summed E-state index contributed by atoms with van der Waals surface area (Å²) in [5.74, 6) is 0.948. The van der Waals surface area contributed by atoms with E-state index < -0.39 is 0 Å². The molecule has 0 amide bonds. The highest BCUT2D eigenvalue weighted by atomic mass is 16.5. The largest absolute Gasteiger partial charge is 0.489 e. The van der Waals surface area contributed by atoms with Crippen molar-refractivity contribution < 1.29 is 9.47 Å². The zero-order valence-corrected chi connectivity index (χ0v) is 16.5. The maximum atomic E-state index is 6.11. The Morgan fingerprint density at radius 2 is 2.04 bits per heavy atom. The van der Waals surface area contributed by atoms with E-state index in [1.54, 1.807) is 6.20 Å². The van der Waals surface area contributed by atoms with E-state index in [1.807, 2.05) is 24.4 Å². The predicted octanol–water partition coefficient (Wildman–Crippen LogP) is 3.20. The van der Waals surface area contributed by atoms with Gasteiger partial charge in [-0.05, 0) is 39.1 Å². The molecule has 1 atom stereocenters. The van der Waals surface area contributed by atoms with E-state index in [1.165, 1.54) is 12.0 Å². The number of hydrogen-bond acceptors (Lipinski definition) is 5. The number of aromatic nitrogens is 1. The van der Waals surface area contributed by atoms with Crippen molar-refractivity contribution in [1.29, 1.82) is 0 Å². The summed E-state index contributed by atoms with van der Waals surface area (Å²) in [6, 6.07) is 12.3. The number of hydrogen-bond donors (Lipinski definition) is 0. The molecule has 0 bridgehead atoms. The maximum absolute atomic E-state index is 6.11. The molecule has 1 aliphatic rings. The van der Waals surface area contributed by atoms with Gasteiger partial charge in [-0.3, -0.25) is 9.88 Å². The van der Waals surface area contributed by atoms with Gasteiger partial charge in [-0.2, -0.15) is 0 Å². The fraction of sp³-hybridized carbons (Fsp3) is 0.500. The maximum Gasteiger partial charge on any atom is 0.124 e. The van der Waals surface area contributed by atoms with Crippen molar-refractivity contribution >= 4 is 0 Å². The van der Waals surface area contributed by atoms with E-state index in [9.17, 15) is 0 Å². The van der Waals surface area contributed by atoms with Crippen molar-refractivity contribution in [2.75, 3.05) is 40.3 Å². The van der Waals surface area contributed by atoms with E-state index in [2.05, 4.69) is 47.1 Å². The van der Waals surface area contributed by atoms with Gasteiger partial charge in [0.15, 0.2) is 0 Å². The molecule has 1 aromatic carbocycles. The highest BCUT2D eigenvalue weighted by Gasteiger charge is 2.20. The van der Waals surface area contributed by atoms with Gasteiger partial charge in [0, 0.05) is 56.3 Å². The Morgan fingerprint density at radius 1 is 1.15 bits per heavy atom. The lowest BCUT2D eigenvalue weighted by molar-refractivity contribution is 0.0679. The van der Waals surface area contributed by atoms with Crippen LogP contribution in [0.2, 0.25) is 0 Å². The summed E-state index contributed by atoms with van der Waals surface area (Å²) in [4.78, 5) is 8.88. The summed E-state index contributed by atoms with van der Waals surface area (Å²) in [5.41, 5.74) is 2.30. The Balaban J connectivity index is 1.64. The molecule has 1 unspecified atom stereocenters. The van der Waals surface area contributed by atoms with Crippen molar-refractivity contribution in [3.8, 4) is 5.75 Å². The summed E-state index contributed by atoms with van der Waals surface area (Å²) in [6.45, 7) is 5.34. The number of benzene rings is 1. The Labute approximate surface area is 162 Å². The van der Waals surface area contributed by atoms with Crippen LogP contribution in [0.1, 0.15) is 24.0 Å². The third-order valence-electron chi connectivity index (χ3n) is 4.83. The molecule has 1 aliphatic heterocycles. The van der Waals surface area contributed by atoms with Crippen molar-refractivity contribution in [1.82, 2.24) is 14.8 Å². The van der Waals surface area contributed by atoms with Crippen LogP contribution >= 0.6 is 0 Å². The molecule has 2 aromatic rings. The summed E-state index contributed by atoms with van der Waals surface area (Å²) in [7, 11) is 4.24. The molecular formula is C22H31N3O2. The lowest BCUT2D eigenvalue weighted by Crippen LogP contribution is -2.36. The molecule has 27 heavy (non-hydrogen) atoms. The molecule has 146 valence electrons. The number of pyridine rings is 1. The van der Waals surface area contributed by atoms with Crippen LogP contribution in [-0.2, 0) is 17.9 Å². The second-order valence-electron chi connectivity index (χ2n) is 7.43. The predicted molar refractivity (Wildman–Crippen MR) is 108 cm³/mol. The minimum absolute atomic E-state index is 0.357. The van der Waals surface area contributed by atoms with Crippen LogP contribution in [0.3, 0.4) is 0 Å². The Morgan fingerprint density at radius 3 is 2.78 bits per heavy atom. The Kier molecular flexibility index (Phi) is 7.63. The van der Waals surface area contributed by atoms with Crippen LogP contribution in [-0.4, -0.2) is 61.2 Å². The summed E-state index contributed by atoms with van der Waals surface area (Å²) >= 11 is 0. The van der Waals surface area contributed by atoms with Crippen molar-refractivity contribution in [2.45, 2.75) is 32.1 Å². The summed E-state index contributed by atoms with van der Waals surface area (Å²) < 4.78 is 12.0. The SMILES string of the molecule is CN(C)CCN(Cc1ccccc1OCc1cccnc1)CC1CCCO1. The van der Waals surface area contributed by atoms with Crippen LogP contribution in [0.25, 0.3) is 0 Å². The molecule has 1 saturated heterocycles. The molecule has 0 spiro atoms. The average molecular weight is 370 g/mol. The van der Waals surface area contributed by atoms with Crippen molar-refractivity contribution in [3.05, 3.63) is 59.9 Å². The second-order valence-corrected chi connectivity index (χ2v) is 7.43. The fourth-order valence-corrected chi connectivity index (χ4v) is 3.31. The van der Waals surface area contributed by atoms with Gasteiger partial charge in [-0.25, -0.2) is 0 Å². The molecule has 1 fully saturated rings. The van der Waals surface area contributed by atoms with Gasteiger partial charge >= 0.3 is 0 Å². The van der Waals surface area contributed by atoms with Gasteiger partial charge in [0.2, 0.25) is 0 Å². The first-order valence-corrected chi connectivity index (χ1v) is 9.79. The minimum atomic E-state index is 0.357. The van der Waals surface area contributed by atoms with Gasteiger partial charge in [0.05, 0.1) is 6.10 Å². The van der Waals surface area contributed by atoms with Crippen molar-refractivity contribution in [3.63, 3.8) is 0 Å². The zero-order chi connectivity index (χ0) is 18.9. The number of likely N-dealkylation sites (N-methyl/N-ethyl adjacent to an activating group) is 1. The highest BCUT2D eigenvalue weighted by Crippen LogP contribution is 2.22. The Hall–Kier alpha value is -1.95. The number of ether oxygens (including phenoxy) is 2. The number of para-hydroxylation sites is 1. The number of nitrogens with zero attached hydrogens (tertiary/aromatic N) is 3. The van der Waals surface area contributed by atoms with Gasteiger partial charge < -0.3 is 14.4 Å². The van der Waals surface area contributed by atoms with Crippen LogP contribution in [0.4, 0.5) is 0 Å². The lowest BCUT2D eigenvalue weighted by Gasteiger charge is -2.27. The summed E-state index contributed by atoms with van der Waals surface area (Å²) in [6.07, 6.45) is 6.33. The average Bonchev–Trinajstić information content (AvgIpc) is 3.19. The molecule has 0 aliphatic carbocycles. The second kappa shape index (κ2) is 10.4. The fourth-order valence-electron chi connectivity index (χ4n) is 3.31. The molecular weight excluding hydrogens is 338 g/mol. The van der Waals surface area contributed by atoms with Gasteiger partial charge in [0.1, 0.15) is 12.4 Å². The normalized spacial score (nSPS) is 17.0. The number of rotatable bonds is 10. The highest BCUT2D eigenvalue weighted by molar-refractivity contribution is 5.33. The molecule has 3 rings (SSSR count). The van der Waals surface area contributed by atoms with Crippen LogP contribution in [0.5, 0.6) is 5.75 Å². The standard InChI is InChI=1S/C22H31N3O2/c1-24(2)12-13-25(17-21-9-6-14-26-21)16-20-8-3-4-10-22(20)27-18-19-7-5-11-23-15-19/h3-5,7-8,10-11,15,21H,6,9,12-14,16-18H2,1-2H3. The van der Waals surface area contributed by atoms with Crippen LogP contribution in [0.15, 0.2) is 48.8 Å². The van der Waals surface area contributed by atoms with Crippen LogP contribution in [0, 0.1) is 0 Å². The summed E-state index contributed by atoms with van der Waals surface area (Å²) in [5, 5.41) is 0. The van der Waals surface area contributed by atoms with E-state index in [0.29, 0.717) is 12.7 Å². The topological polar surface area (TPSA) is 37.8 Å². The first-order valence-electron chi connectivity index (χ1n) is 9.79. The van der Waals surface area contributed by atoms with Gasteiger partial charge in [-0.15, -0.1) is 0 Å². The first-order chi connectivity index (χ1) is 13.2. The third kappa shape index (κ3) is 6.61. The Bertz CT molecular complexity index is 672. The monoisotopic (exact) mass is 369 g/mol. The van der Waals surface area contributed by atoms with Crippen LogP contribution < -0.4 is 4.74 Å². The smallest absolute Gasteiger partial charge is 0.124 e. The van der Waals surface area contributed by atoms with E-state index in [0.717, 1.165) is 50.5 Å². The quantitative estimate of drug-likeness (QED) is 0.643. The molecule has 0 radical (unpaired) electrons. The van der Waals surface area contributed by atoms with E-state index in [4.69, 9.17) is 9.47 Å². The lowest BCUT2D eigenvalue weighted by atomic mass is 10.1.